The van der Waals surface area contributed by atoms with Crippen LogP contribution in [0.15, 0.2) is 36.5 Å². The van der Waals surface area contributed by atoms with Crippen LogP contribution in [0.3, 0.4) is 0 Å². The van der Waals surface area contributed by atoms with Gasteiger partial charge in [-0.05, 0) is 23.8 Å². The lowest BCUT2D eigenvalue weighted by Gasteiger charge is -1.96. The Kier molecular flexibility index (Phi) is 1.55. The smallest absolute Gasteiger partial charge is 0.0650 e. The molecule has 0 bridgehead atoms. The van der Waals surface area contributed by atoms with Gasteiger partial charge in [-0.1, -0.05) is 12.1 Å². The normalized spacial score (nSPS) is 10.0. The number of hydrogen-bond acceptors (Lipinski definition) is 2. The van der Waals surface area contributed by atoms with Crippen molar-refractivity contribution in [2.75, 3.05) is 5.73 Å². The Balaban J connectivity index is 2.43. The van der Waals surface area contributed by atoms with Crippen molar-refractivity contribution in [3.05, 3.63) is 36.5 Å². The average Bonchev–Trinajstić information content (AvgIpc) is 2.58. The summed E-state index contributed by atoms with van der Waals surface area (Å²) in [5.41, 5.74) is 8.44. The number of nitrogen functional groups attached to an aromatic ring is 1. The van der Waals surface area contributed by atoms with Crippen molar-refractivity contribution in [3.63, 3.8) is 0 Å². The van der Waals surface area contributed by atoms with Crippen LogP contribution in [0.1, 0.15) is 0 Å². The number of rotatable bonds is 1. The molecule has 2 aromatic rings. The number of aromatic amines is 1. The Hall–Kier alpha value is -1.77. The molecule has 0 aliphatic rings. The number of nitrogens with one attached hydrogen (secondary N) is 1. The molecule has 0 amide bonds. The van der Waals surface area contributed by atoms with E-state index in [0.717, 1.165) is 16.9 Å². The maximum Gasteiger partial charge on any atom is 0.0650 e. The molecule has 2 rings (SSSR count). The second-order valence-electron chi connectivity index (χ2n) is 2.59. The highest BCUT2D eigenvalue weighted by Gasteiger charge is 1.96. The molecular formula is C9H9N3. The van der Waals surface area contributed by atoms with E-state index in [1.165, 1.54) is 0 Å². The van der Waals surface area contributed by atoms with Crippen LogP contribution in [0.4, 0.5) is 5.69 Å². The summed E-state index contributed by atoms with van der Waals surface area (Å²) in [4.78, 5) is 0. The molecule has 0 unspecified atom stereocenters. The van der Waals surface area contributed by atoms with E-state index in [2.05, 4.69) is 10.2 Å². The zero-order valence-electron chi connectivity index (χ0n) is 6.49. The van der Waals surface area contributed by atoms with E-state index in [0.29, 0.717) is 0 Å². The summed E-state index contributed by atoms with van der Waals surface area (Å²) in [6, 6.07) is 9.59. The van der Waals surface area contributed by atoms with E-state index in [-0.39, 0.29) is 0 Å². The molecule has 3 N–H and O–H groups in total. The van der Waals surface area contributed by atoms with Crippen LogP contribution in [-0.2, 0) is 0 Å². The molecule has 60 valence electrons. The summed E-state index contributed by atoms with van der Waals surface area (Å²) < 4.78 is 0. The van der Waals surface area contributed by atoms with Crippen molar-refractivity contribution in [3.8, 4) is 11.3 Å². The molecule has 0 aliphatic carbocycles. The molecule has 1 aromatic carbocycles. The second-order valence-corrected chi connectivity index (χ2v) is 2.59. The highest BCUT2D eigenvalue weighted by molar-refractivity contribution is 5.61. The van der Waals surface area contributed by atoms with Gasteiger partial charge < -0.3 is 5.73 Å². The Morgan fingerprint density at radius 3 is 2.42 bits per heavy atom. The predicted molar refractivity (Wildman–Crippen MR) is 48.4 cm³/mol. The zero-order chi connectivity index (χ0) is 8.39. The van der Waals surface area contributed by atoms with Crippen LogP contribution in [0.5, 0.6) is 0 Å². The van der Waals surface area contributed by atoms with Gasteiger partial charge in [0.05, 0.1) is 5.69 Å². The fourth-order valence-electron chi connectivity index (χ4n) is 1.08. The van der Waals surface area contributed by atoms with Gasteiger partial charge in [-0.2, -0.15) is 5.10 Å². The lowest BCUT2D eigenvalue weighted by molar-refractivity contribution is 1.10. The number of hydrogen-bond donors (Lipinski definition) is 2. The summed E-state index contributed by atoms with van der Waals surface area (Å²) in [5.74, 6) is 0. The number of H-pyrrole nitrogens is 1. The fourth-order valence-corrected chi connectivity index (χ4v) is 1.08. The van der Waals surface area contributed by atoms with E-state index in [1.54, 1.807) is 6.20 Å². The van der Waals surface area contributed by atoms with Gasteiger partial charge in [0.25, 0.3) is 0 Å². The van der Waals surface area contributed by atoms with Gasteiger partial charge in [0.2, 0.25) is 0 Å². The molecule has 1 heterocycles. The second kappa shape index (κ2) is 2.70. The number of nitrogens with two attached hydrogens (primary N) is 1. The molecule has 0 saturated heterocycles. The number of benzene rings is 1. The van der Waals surface area contributed by atoms with Gasteiger partial charge in [0, 0.05) is 11.9 Å². The molecule has 1 aromatic heterocycles. The van der Waals surface area contributed by atoms with Crippen LogP contribution >= 0.6 is 0 Å². The van der Waals surface area contributed by atoms with E-state index >= 15 is 0 Å². The predicted octanol–water partition coefficient (Wildman–Crippen LogP) is 1.66. The summed E-state index contributed by atoms with van der Waals surface area (Å²) in [5, 5.41) is 6.75. The highest BCUT2D eigenvalue weighted by atomic mass is 15.1. The lowest BCUT2D eigenvalue weighted by Crippen LogP contribution is -1.83. The first-order chi connectivity index (χ1) is 5.86. The third-order valence-electron chi connectivity index (χ3n) is 1.72. The van der Waals surface area contributed by atoms with Crippen LogP contribution in [0.25, 0.3) is 11.3 Å². The average molecular weight is 159 g/mol. The van der Waals surface area contributed by atoms with Crippen LogP contribution in [0, 0.1) is 0 Å². The van der Waals surface area contributed by atoms with Crippen molar-refractivity contribution in [2.45, 2.75) is 0 Å². The summed E-state index contributed by atoms with van der Waals surface area (Å²) in [7, 11) is 0. The third-order valence-corrected chi connectivity index (χ3v) is 1.72. The van der Waals surface area contributed by atoms with E-state index in [9.17, 15) is 0 Å². The van der Waals surface area contributed by atoms with Crippen molar-refractivity contribution in [1.29, 1.82) is 0 Å². The van der Waals surface area contributed by atoms with Gasteiger partial charge >= 0.3 is 0 Å². The van der Waals surface area contributed by atoms with Gasteiger partial charge in [-0.3, -0.25) is 5.10 Å². The minimum absolute atomic E-state index is 0.776. The molecular weight excluding hydrogens is 150 g/mol. The lowest BCUT2D eigenvalue weighted by atomic mass is 10.1. The standard InChI is InChI=1S/C9H9N3/c10-8-3-1-7(2-4-8)9-5-6-11-12-9/h1-6H,10H2,(H,11,12). The maximum absolute atomic E-state index is 5.55. The van der Waals surface area contributed by atoms with Gasteiger partial charge in [-0.15, -0.1) is 0 Å². The van der Waals surface area contributed by atoms with Crippen LogP contribution in [-0.4, -0.2) is 10.2 Å². The quantitative estimate of drug-likeness (QED) is 0.622. The van der Waals surface area contributed by atoms with Crippen LogP contribution in [0.2, 0.25) is 0 Å². The first kappa shape index (κ1) is 6.91. The Morgan fingerprint density at radius 2 is 1.83 bits per heavy atom. The Morgan fingerprint density at radius 1 is 1.08 bits per heavy atom. The first-order valence-corrected chi connectivity index (χ1v) is 3.71. The monoisotopic (exact) mass is 159 g/mol. The fraction of sp³-hybridized carbons (Fsp3) is 0. The number of aromatic nitrogens is 2. The van der Waals surface area contributed by atoms with Crippen LogP contribution < -0.4 is 5.73 Å². The first-order valence-electron chi connectivity index (χ1n) is 3.71. The summed E-state index contributed by atoms with van der Waals surface area (Å²) in [6.07, 6.45) is 1.73. The molecule has 0 spiro atoms. The molecule has 3 nitrogen and oxygen atoms in total. The summed E-state index contributed by atoms with van der Waals surface area (Å²) in [6.45, 7) is 0. The highest BCUT2D eigenvalue weighted by Crippen LogP contribution is 2.16. The summed E-state index contributed by atoms with van der Waals surface area (Å²) >= 11 is 0. The van der Waals surface area contributed by atoms with Crippen molar-refractivity contribution in [1.82, 2.24) is 10.2 Å². The topological polar surface area (TPSA) is 54.7 Å². The van der Waals surface area contributed by atoms with E-state index in [4.69, 9.17) is 5.73 Å². The number of nitrogens with zero attached hydrogens (tertiary/aromatic N) is 1. The van der Waals surface area contributed by atoms with E-state index in [1.807, 2.05) is 30.3 Å². The minimum atomic E-state index is 0.776. The zero-order valence-corrected chi connectivity index (χ0v) is 6.49. The van der Waals surface area contributed by atoms with Crippen molar-refractivity contribution < 1.29 is 0 Å². The van der Waals surface area contributed by atoms with Gasteiger partial charge in [0.1, 0.15) is 0 Å². The van der Waals surface area contributed by atoms with E-state index < -0.39 is 0 Å². The molecule has 0 radical (unpaired) electrons. The largest absolute Gasteiger partial charge is 0.399 e. The molecule has 0 atom stereocenters. The molecule has 3 heteroatoms. The molecule has 0 aliphatic heterocycles. The van der Waals surface area contributed by atoms with Gasteiger partial charge in [-0.25, -0.2) is 0 Å². The third kappa shape index (κ3) is 1.16. The Bertz CT molecular complexity index is 348. The van der Waals surface area contributed by atoms with Gasteiger partial charge in [0.15, 0.2) is 0 Å². The molecule has 0 fully saturated rings. The molecule has 12 heavy (non-hydrogen) atoms. The number of anilines is 1. The van der Waals surface area contributed by atoms with Crippen molar-refractivity contribution in [2.24, 2.45) is 0 Å². The molecule has 0 saturated carbocycles. The SMILES string of the molecule is Nc1ccc(-c2ccn[nH]2)cc1. The minimum Gasteiger partial charge on any atom is -0.399 e. The maximum atomic E-state index is 5.55. The Labute approximate surface area is 70.2 Å². The van der Waals surface area contributed by atoms with Crippen molar-refractivity contribution >= 4 is 5.69 Å².